The van der Waals surface area contributed by atoms with Crippen LogP contribution in [0.5, 0.6) is 0 Å². The Morgan fingerprint density at radius 1 is 0.861 bits per heavy atom. The van der Waals surface area contributed by atoms with Crippen molar-refractivity contribution < 1.29 is 44.6 Å². The molecule has 0 fully saturated rings. The van der Waals surface area contributed by atoms with E-state index in [1.54, 1.807) is 0 Å². The van der Waals surface area contributed by atoms with Crippen molar-refractivity contribution in [3.63, 3.8) is 0 Å². The Labute approximate surface area is 215 Å². The normalized spacial score (nSPS) is 18.2. The number of carbonyl (C=O) groups excluding carboxylic acids is 2. The second-order valence-corrected chi connectivity index (χ2v) is 9.79. The fourth-order valence-electron chi connectivity index (χ4n) is 4.23. The quantitative estimate of drug-likeness (QED) is 0.101. The summed E-state index contributed by atoms with van der Waals surface area (Å²) in [5, 5.41) is 48.6. The lowest BCUT2D eigenvalue weighted by Crippen LogP contribution is -2.43. The molecule has 2 unspecified atom stereocenters. The third-order valence-corrected chi connectivity index (χ3v) is 6.54. The molecule has 1 heterocycles. The van der Waals surface area contributed by atoms with E-state index in [4.69, 9.17) is 14.6 Å². The fourth-order valence-corrected chi connectivity index (χ4v) is 4.23. The molecular formula is C27H48O9. The molecule has 4 atom stereocenters. The molecule has 9 nitrogen and oxygen atoms in total. The molecular weight excluding hydrogens is 468 g/mol. The van der Waals surface area contributed by atoms with Crippen molar-refractivity contribution in [1.82, 2.24) is 0 Å². The summed E-state index contributed by atoms with van der Waals surface area (Å²) in [6, 6.07) is 0. The van der Waals surface area contributed by atoms with Gasteiger partial charge in [0.2, 0.25) is 5.76 Å². The number of ether oxygens (including phenoxy) is 2. The molecule has 36 heavy (non-hydrogen) atoms. The zero-order valence-electron chi connectivity index (χ0n) is 21.9. The Kier molecular flexibility index (Phi) is 17.5. The Balaban J connectivity index is 2.14. The number of ketones is 1. The number of aliphatic hydroxyl groups excluding tert-OH is 5. The van der Waals surface area contributed by atoms with Gasteiger partial charge in [0.1, 0.15) is 24.9 Å². The maximum atomic E-state index is 12.3. The van der Waals surface area contributed by atoms with Crippen LogP contribution < -0.4 is 0 Å². The lowest BCUT2D eigenvalue weighted by Gasteiger charge is -2.21. The monoisotopic (exact) mass is 516 g/mol. The van der Waals surface area contributed by atoms with Gasteiger partial charge in [-0.05, 0) is 6.42 Å². The molecule has 1 rings (SSSR count). The summed E-state index contributed by atoms with van der Waals surface area (Å²) in [6.45, 7) is 1.15. The van der Waals surface area contributed by atoms with E-state index in [-0.39, 0.29) is 6.42 Å². The van der Waals surface area contributed by atoms with Crippen molar-refractivity contribution in [3.05, 3.63) is 11.5 Å². The van der Waals surface area contributed by atoms with Crippen LogP contribution in [0.15, 0.2) is 11.5 Å². The lowest BCUT2D eigenvalue weighted by molar-refractivity contribution is -0.155. The maximum Gasteiger partial charge on any atom is 0.378 e. The Hall–Kier alpha value is -1.68. The standard InChI is InChI=1S/C27H48O9/c1-2-3-4-5-6-7-8-9-10-11-12-13-14-15-16-17-21(30)22(31)23(32)25-24(33)26(27(34)36-25)35-19-20(29)18-28/h20,22-23,25,28-29,31-33H,2-19H2,1H3/t20?,22?,23-,25+/m0/s1. The van der Waals surface area contributed by atoms with E-state index in [0.717, 1.165) is 19.3 Å². The van der Waals surface area contributed by atoms with Gasteiger partial charge in [-0.25, -0.2) is 4.79 Å². The molecule has 0 bridgehead atoms. The van der Waals surface area contributed by atoms with Gasteiger partial charge in [-0.2, -0.15) is 0 Å². The molecule has 210 valence electrons. The molecule has 5 N–H and O–H groups in total. The second kappa shape index (κ2) is 19.4. The summed E-state index contributed by atoms with van der Waals surface area (Å²) >= 11 is 0. The minimum absolute atomic E-state index is 0.0771. The van der Waals surface area contributed by atoms with Crippen LogP contribution in [0.2, 0.25) is 0 Å². The predicted molar refractivity (Wildman–Crippen MR) is 135 cm³/mol. The molecule has 0 spiro atoms. The van der Waals surface area contributed by atoms with Crippen LogP contribution in [-0.4, -0.2) is 74.9 Å². The first-order valence-electron chi connectivity index (χ1n) is 13.8. The van der Waals surface area contributed by atoms with Crippen molar-refractivity contribution in [2.45, 2.75) is 134 Å². The van der Waals surface area contributed by atoms with Gasteiger partial charge >= 0.3 is 5.97 Å². The van der Waals surface area contributed by atoms with Crippen molar-refractivity contribution in [3.8, 4) is 0 Å². The van der Waals surface area contributed by atoms with E-state index >= 15 is 0 Å². The highest BCUT2D eigenvalue weighted by atomic mass is 16.6. The molecule has 1 aliphatic heterocycles. The smallest absolute Gasteiger partial charge is 0.378 e. The van der Waals surface area contributed by atoms with E-state index in [1.807, 2.05) is 0 Å². The van der Waals surface area contributed by atoms with E-state index in [0.29, 0.717) is 6.42 Å². The summed E-state index contributed by atoms with van der Waals surface area (Å²) < 4.78 is 9.75. The summed E-state index contributed by atoms with van der Waals surface area (Å²) in [6.07, 6.45) is 11.5. The topological polar surface area (TPSA) is 154 Å². The van der Waals surface area contributed by atoms with Gasteiger partial charge in [0.15, 0.2) is 17.6 Å². The van der Waals surface area contributed by atoms with Gasteiger partial charge in [-0.1, -0.05) is 96.8 Å². The molecule has 0 aromatic carbocycles. The van der Waals surface area contributed by atoms with Gasteiger partial charge in [-0.15, -0.1) is 0 Å². The first kappa shape index (κ1) is 32.3. The van der Waals surface area contributed by atoms with Gasteiger partial charge in [0.05, 0.1) is 6.61 Å². The number of rotatable bonds is 23. The van der Waals surface area contributed by atoms with Crippen LogP contribution in [0.4, 0.5) is 0 Å². The van der Waals surface area contributed by atoms with Crippen molar-refractivity contribution in [2.24, 2.45) is 0 Å². The summed E-state index contributed by atoms with van der Waals surface area (Å²) in [5.41, 5.74) is 0. The number of hydrogen-bond donors (Lipinski definition) is 5. The molecule has 0 saturated carbocycles. The average molecular weight is 517 g/mol. The number of cyclic esters (lactones) is 1. The van der Waals surface area contributed by atoms with Crippen molar-refractivity contribution in [1.29, 1.82) is 0 Å². The lowest BCUT2D eigenvalue weighted by atomic mass is 9.98. The SMILES string of the molecule is CCCCCCCCCCCCCCCCCC(=O)C(O)[C@H](O)[C@H]1OC(=O)C(OCC(O)CO)=C1O. The Bertz CT molecular complexity index is 649. The highest BCUT2D eigenvalue weighted by Crippen LogP contribution is 2.26. The minimum Gasteiger partial charge on any atom is -0.505 e. The highest BCUT2D eigenvalue weighted by molar-refractivity contribution is 5.90. The summed E-state index contributed by atoms with van der Waals surface area (Å²) in [4.78, 5) is 24.1. The number of esters is 1. The molecule has 0 aliphatic carbocycles. The Morgan fingerprint density at radius 2 is 1.33 bits per heavy atom. The largest absolute Gasteiger partial charge is 0.505 e. The minimum atomic E-state index is -1.85. The van der Waals surface area contributed by atoms with E-state index in [2.05, 4.69) is 6.92 Å². The molecule has 0 radical (unpaired) electrons. The first-order valence-corrected chi connectivity index (χ1v) is 13.8. The van der Waals surface area contributed by atoms with Gasteiger partial charge < -0.3 is 35.0 Å². The van der Waals surface area contributed by atoms with E-state index < -0.39 is 60.9 Å². The third-order valence-electron chi connectivity index (χ3n) is 6.54. The van der Waals surface area contributed by atoms with Crippen LogP contribution in [0.25, 0.3) is 0 Å². The summed E-state index contributed by atoms with van der Waals surface area (Å²) in [7, 11) is 0. The maximum absolute atomic E-state index is 12.3. The van der Waals surface area contributed by atoms with Gasteiger partial charge in [0.25, 0.3) is 0 Å². The van der Waals surface area contributed by atoms with Gasteiger partial charge in [0, 0.05) is 6.42 Å². The number of Topliss-reactive ketones (excluding diaryl/α,β-unsaturated/α-hetero) is 1. The summed E-state index contributed by atoms with van der Waals surface area (Å²) in [5.74, 6) is -3.08. The molecule has 0 aromatic heterocycles. The Morgan fingerprint density at radius 3 is 1.81 bits per heavy atom. The predicted octanol–water partition coefficient (Wildman–Crippen LogP) is 3.60. The third kappa shape index (κ3) is 12.5. The molecule has 1 aliphatic rings. The molecule has 0 amide bonds. The molecule has 9 heteroatoms. The number of aliphatic hydroxyl groups is 5. The van der Waals surface area contributed by atoms with Crippen molar-refractivity contribution >= 4 is 11.8 Å². The van der Waals surface area contributed by atoms with E-state index in [9.17, 15) is 30.0 Å². The second-order valence-electron chi connectivity index (χ2n) is 9.79. The van der Waals surface area contributed by atoms with Crippen LogP contribution in [0, 0.1) is 0 Å². The highest BCUT2D eigenvalue weighted by Gasteiger charge is 2.44. The number of carbonyl (C=O) groups is 2. The molecule has 0 aromatic rings. The van der Waals surface area contributed by atoms with E-state index in [1.165, 1.54) is 70.6 Å². The fraction of sp³-hybridized carbons (Fsp3) is 0.852. The van der Waals surface area contributed by atoms with Crippen LogP contribution in [0.1, 0.15) is 110 Å². The van der Waals surface area contributed by atoms with Crippen LogP contribution >= 0.6 is 0 Å². The zero-order chi connectivity index (χ0) is 26.8. The van der Waals surface area contributed by atoms with Gasteiger partial charge in [-0.3, -0.25) is 4.79 Å². The molecule has 0 saturated heterocycles. The number of hydrogen-bond acceptors (Lipinski definition) is 9. The van der Waals surface area contributed by atoms with Crippen LogP contribution in [0.3, 0.4) is 0 Å². The average Bonchev–Trinajstić information content (AvgIpc) is 3.16. The van der Waals surface area contributed by atoms with Crippen molar-refractivity contribution in [2.75, 3.05) is 13.2 Å². The first-order chi connectivity index (χ1) is 17.3. The van der Waals surface area contributed by atoms with Crippen LogP contribution in [-0.2, 0) is 19.1 Å². The zero-order valence-corrected chi connectivity index (χ0v) is 21.9. The number of unbranched alkanes of at least 4 members (excludes halogenated alkanes) is 14.